The molecule has 1 aromatic heterocycles. The van der Waals surface area contributed by atoms with Crippen molar-refractivity contribution in [2.24, 2.45) is 5.73 Å². The standard InChI is InChI=1S/C16H18N4O/c1-20(15-9-8-14(16(17)21)18-19-15)13-7-6-11-4-2-3-5-12(11)10-13/h2-5,8-9,13H,6-7,10H2,1H3,(H2,17,21). The fraction of sp³-hybridized carbons (Fsp3) is 0.312. The van der Waals surface area contributed by atoms with Crippen molar-refractivity contribution in [3.63, 3.8) is 0 Å². The first-order chi connectivity index (χ1) is 10.1. The van der Waals surface area contributed by atoms with Gasteiger partial charge in [-0.3, -0.25) is 4.79 Å². The van der Waals surface area contributed by atoms with Crippen molar-refractivity contribution in [2.75, 3.05) is 11.9 Å². The predicted molar refractivity (Wildman–Crippen MR) is 81.2 cm³/mol. The number of rotatable bonds is 3. The van der Waals surface area contributed by atoms with Crippen molar-refractivity contribution < 1.29 is 4.79 Å². The van der Waals surface area contributed by atoms with Crippen molar-refractivity contribution in [3.8, 4) is 0 Å². The molecule has 21 heavy (non-hydrogen) atoms. The van der Waals surface area contributed by atoms with E-state index in [0.29, 0.717) is 6.04 Å². The molecular weight excluding hydrogens is 264 g/mol. The summed E-state index contributed by atoms with van der Waals surface area (Å²) in [5, 5.41) is 7.98. The van der Waals surface area contributed by atoms with Gasteiger partial charge in [-0.2, -0.15) is 0 Å². The molecule has 1 aromatic carbocycles. The van der Waals surface area contributed by atoms with Crippen LogP contribution < -0.4 is 10.6 Å². The third-order valence-corrected chi connectivity index (χ3v) is 4.13. The average molecular weight is 282 g/mol. The number of fused-ring (bicyclic) bond motifs is 1. The van der Waals surface area contributed by atoms with Crippen molar-refractivity contribution in [2.45, 2.75) is 25.3 Å². The number of carbonyl (C=O) groups is 1. The number of carbonyl (C=O) groups excluding carboxylic acids is 1. The Balaban J connectivity index is 1.77. The third-order valence-electron chi connectivity index (χ3n) is 4.13. The minimum Gasteiger partial charge on any atom is -0.364 e. The Morgan fingerprint density at radius 1 is 1.19 bits per heavy atom. The Morgan fingerprint density at radius 2 is 1.95 bits per heavy atom. The molecule has 2 aromatic rings. The molecule has 0 saturated carbocycles. The Bertz CT molecular complexity index is 654. The van der Waals surface area contributed by atoms with Gasteiger partial charge in [-0.05, 0) is 42.5 Å². The van der Waals surface area contributed by atoms with E-state index in [2.05, 4.69) is 39.4 Å². The van der Waals surface area contributed by atoms with Gasteiger partial charge in [0.05, 0.1) is 0 Å². The molecule has 1 aliphatic rings. The Hall–Kier alpha value is -2.43. The van der Waals surface area contributed by atoms with Crippen LogP contribution in [0, 0.1) is 0 Å². The minimum atomic E-state index is -0.553. The van der Waals surface area contributed by atoms with Crippen LogP contribution in [0.4, 0.5) is 5.82 Å². The van der Waals surface area contributed by atoms with E-state index in [-0.39, 0.29) is 5.69 Å². The van der Waals surface area contributed by atoms with Crippen LogP contribution in [-0.2, 0) is 12.8 Å². The normalized spacial score (nSPS) is 17.1. The molecule has 5 nitrogen and oxygen atoms in total. The third kappa shape index (κ3) is 2.72. The summed E-state index contributed by atoms with van der Waals surface area (Å²) in [5.74, 6) is 0.215. The largest absolute Gasteiger partial charge is 0.364 e. The van der Waals surface area contributed by atoms with Crippen LogP contribution in [0.15, 0.2) is 36.4 Å². The van der Waals surface area contributed by atoms with Crippen molar-refractivity contribution in [1.29, 1.82) is 0 Å². The summed E-state index contributed by atoms with van der Waals surface area (Å²) in [4.78, 5) is 13.2. The molecule has 3 rings (SSSR count). The van der Waals surface area contributed by atoms with Crippen molar-refractivity contribution in [1.82, 2.24) is 10.2 Å². The second kappa shape index (κ2) is 5.52. The summed E-state index contributed by atoms with van der Waals surface area (Å²) in [7, 11) is 2.02. The fourth-order valence-electron chi connectivity index (χ4n) is 2.84. The van der Waals surface area contributed by atoms with Crippen LogP contribution in [0.2, 0.25) is 0 Å². The number of anilines is 1. The summed E-state index contributed by atoms with van der Waals surface area (Å²) in [6, 6.07) is 12.4. The van der Waals surface area contributed by atoms with Gasteiger partial charge < -0.3 is 10.6 Å². The molecule has 2 N–H and O–H groups in total. The molecule has 1 unspecified atom stereocenters. The summed E-state index contributed by atoms with van der Waals surface area (Å²) >= 11 is 0. The Kier molecular flexibility index (Phi) is 3.56. The summed E-state index contributed by atoms with van der Waals surface area (Å²) in [5.41, 5.74) is 8.22. The zero-order valence-electron chi connectivity index (χ0n) is 12.0. The number of benzene rings is 1. The number of primary amides is 1. The van der Waals surface area contributed by atoms with Crippen LogP contribution in [-0.4, -0.2) is 29.2 Å². The lowest BCUT2D eigenvalue weighted by Crippen LogP contribution is -2.37. The van der Waals surface area contributed by atoms with Crippen LogP contribution in [0.3, 0.4) is 0 Å². The first kappa shape index (κ1) is 13.5. The van der Waals surface area contributed by atoms with Gasteiger partial charge in [-0.25, -0.2) is 0 Å². The molecule has 0 fully saturated rings. The summed E-state index contributed by atoms with van der Waals surface area (Å²) in [6.45, 7) is 0. The number of likely N-dealkylation sites (N-methyl/N-ethyl adjacent to an activating group) is 1. The maximum atomic E-state index is 11.0. The molecule has 0 aliphatic heterocycles. The van der Waals surface area contributed by atoms with Gasteiger partial charge >= 0.3 is 0 Å². The lowest BCUT2D eigenvalue weighted by molar-refractivity contribution is 0.0994. The van der Waals surface area contributed by atoms with Gasteiger partial charge in [-0.1, -0.05) is 24.3 Å². The van der Waals surface area contributed by atoms with E-state index in [9.17, 15) is 4.79 Å². The number of amides is 1. The van der Waals surface area contributed by atoms with Crippen molar-refractivity contribution in [3.05, 3.63) is 53.2 Å². The molecule has 1 heterocycles. The zero-order chi connectivity index (χ0) is 14.8. The Morgan fingerprint density at radius 3 is 2.62 bits per heavy atom. The number of hydrogen-bond acceptors (Lipinski definition) is 4. The topological polar surface area (TPSA) is 72.1 Å². The van der Waals surface area contributed by atoms with Crippen molar-refractivity contribution >= 4 is 11.7 Å². The smallest absolute Gasteiger partial charge is 0.269 e. The number of aromatic nitrogens is 2. The highest BCUT2D eigenvalue weighted by Crippen LogP contribution is 2.25. The highest BCUT2D eigenvalue weighted by molar-refractivity contribution is 5.90. The molecule has 1 amide bonds. The number of hydrogen-bond donors (Lipinski definition) is 1. The average Bonchev–Trinajstić information content (AvgIpc) is 2.54. The predicted octanol–water partition coefficient (Wildman–Crippen LogP) is 1.57. The van der Waals surface area contributed by atoms with E-state index < -0.39 is 5.91 Å². The highest BCUT2D eigenvalue weighted by Gasteiger charge is 2.23. The van der Waals surface area contributed by atoms with E-state index >= 15 is 0 Å². The summed E-state index contributed by atoms with van der Waals surface area (Å²) < 4.78 is 0. The first-order valence-corrected chi connectivity index (χ1v) is 7.08. The Labute approximate surface area is 123 Å². The molecule has 1 aliphatic carbocycles. The summed E-state index contributed by atoms with van der Waals surface area (Å²) in [6.07, 6.45) is 3.18. The zero-order valence-corrected chi connectivity index (χ0v) is 12.0. The van der Waals surface area contributed by atoms with E-state index in [1.165, 1.54) is 11.1 Å². The van der Waals surface area contributed by atoms with Crippen LogP contribution in [0.25, 0.3) is 0 Å². The minimum absolute atomic E-state index is 0.195. The molecule has 1 atom stereocenters. The molecule has 0 spiro atoms. The molecule has 0 saturated heterocycles. The van der Waals surface area contributed by atoms with E-state index in [4.69, 9.17) is 5.73 Å². The van der Waals surface area contributed by atoms with Crippen LogP contribution in [0.5, 0.6) is 0 Å². The first-order valence-electron chi connectivity index (χ1n) is 7.08. The quantitative estimate of drug-likeness (QED) is 0.927. The SMILES string of the molecule is CN(c1ccc(C(N)=O)nn1)C1CCc2ccccc2C1. The molecule has 108 valence electrons. The number of nitrogens with two attached hydrogens (primary N) is 1. The molecular formula is C16H18N4O. The fourth-order valence-corrected chi connectivity index (χ4v) is 2.84. The van der Waals surface area contributed by atoms with E-state index in [1.807, 2.05) is 7.05 Å². The van der Waals surface area contributed by atoms with Gasteiger partial charge in [0, 0.05) is 13.1 Å². The van der Waals surface area contributed by atoms with Gasteiger partial charge in [0.2, 0.25) is 0 Å². The maximum absolute atomic E-state index is 11.0. The van der Waals surface area contributed by atoms with Crippen LogP contribution >= 0.6 is 0 Å². The lowest BCUT2D eigenvalue weighted by atomic mass is 9.88. The maximum Gasteiger partial charge on any atom is 0.269 e. The number of nitrogens with zero attached hydrogens (tertiary/aromatic N) is 3. The second-order valence-corrected chi connectivity index (χ2v) is 5.42. The highest BCUT2D eigenvalue weighted by atomic mass is 16.1. The van der Waals surface area contributed by atoms with Gasteiger partial charge in [-0.15, -0.1) is 10.2 Å². The molecule has 0 bridgehead atoms. The van der Waals surface area contributed by atoms with Gasteiger partial charge in [0.1, 0.15) is 0 Å². The monoisotopic (exact) mass is 282 g/mol. The molecule has 5 heteroatoms. The second-order valence-electron chi connectivity index (χ2n) is 5.42. The molecule has 0 radical (unpaired) electrons. The van der Waals surface area contributed by atoms with E-state index in [0.717, 1.165) is 25.1 Å². The van der Waals surface area contributed by atoms with Crippen LogP contribution in [0.1, 0.15) is 28.0 Å². The van der Waals surface area contributed by atoms with E-state index in [1.54, 1.807) is 12.1 Å². The van der Waals surface area contributed by atoms with Gasteiger partial charge in [0.15, 0.2) is 11.5 Å². The lowest BCUT2D eigenvalue weighted by Gasteiger charge is -2.33. The van der Waals surface area contributed by atoms with Gasteiger partial charge in [0.25, 0.3) is 5.91 Å². The number of aryl methyl sites for hydroxylation is 1.